The summed E-state index contributed by atoms with van der Waals surface area (Å²) in [6.07, 6.45) is 3.50. The maximum atomic E-state index is 12.7. The van der Waals surface area contributed by atoms with E-state index >= 15 is 0 Å². The minimum atomic E-state index is -0.346. The highest BCUT2D eigenvalue weighted by Crippen LogP contribution is 2.28. The molecule has 0 aliphatic heterocycles. The number of aryl methyl sites for hydroxylation is 1. The quantitative estimate of drug-likeness (QED) is 0.427. The van der Waals surface area contributed by atoms with E-state index < -0.39 is 0 Å². The van der Waals surface area contributed by atoms with Gasteiger partial charge in [0.1, 0.15) is 0 Å². The zero-order chi connectivity index (χ0) is 21.6. The van der Waals surface area contributed by atoms with Gasteiger partial charge < -0.3 is 5.32 Å². The van der Waals surface area contributed by atoms with Crippen LogP contribution >= 0.6 is 11.8 Å². The van der Waals surface area contributed by atoms with Crippen LogP contribution in [0.3, 0.4) is 0 Å². The Bertz CT molecular complexity index is 1140. The third kappa shape index (κ3) is 5.19. The Balaban J connectivity index is 1.57. The first kappa shape index (κ1) is 20.8. The Morgan fingerprint density at radius 1 is 1.03 bits per heavy atom. The summed E-state index contributed by atoms with van der Waals surface area (Å²) in [5.74, 6) is 0.650. The Morgan fingerprint density at radius 2 is 1.81 bits per heavy atom. The number of thioether (sulfide) groups is 1. The molecule has 0 bridgehead atoms. The molecule has 2 aromatic carbocycles. The first-order chi connectivity index (χ1) is 15.1. The molecule has 4 aromatic rings. The van der Waals surface area contributed by atoms with Gasteiger partial charge in [0.2, 0.25) is 5.91 Å². The average Bonchev–Trinajstić information content (AvgIpc) is 3.18. The fraction of sp³-hybridized carbons (Fsp3) is 0.167. The highest BCUT2D eigenvalue weighted by Gasteiger charge is 2.21. The molecule has 1 atom stereocenters. The lowest BCUT2D eigenvalue weighted by Gasteiger charge is -2.14. The van der Waals surface area contributed by atoms with Gasteiger partial charge in [-0.1, -0.05) is 59.8 Å². The van der Waals surface area contributed by atoms with Crippen molar-refractivity contribution in [1.29, 1.82) is 0 Å². The number of rotatable bonds is 7. The fourth-order valence-electron chi connectivity index (χ4n) is 3.09. The molecule has 4 rings (SSSR count). The number of pyridine rings is 1. The van der Waals surface area contributed by atoms with Gasteiger partial charge in [0, 0.05) is 23.6 Å². The predicted octanol–water partition coefficient (Wildman–Crippen LogP) is 4.82. The highest BCUT2D eigenvalue weighted by molar-refractivity contribution is 8.00. The molecule has 0 fully saturated rings. The average molecular weight is 430 g/mol. The molecule has 156 valence electrons. The maximum Gasteiger partial charge on any atom is 0.237 e. The van der Waals surface area contributed by atoms with Gasteiger partial charge in [-0.25, -0.2) is 0 Å². The topological polar surface area (TPSA) is 72.7 Å². The number of carbonyl (C=O) groups is 1. The van der Waals surface area contributed by atoms with Gasteiger partial charge in [0.25, 0.3) is 0 Å². The molecule has 0 radical (unpaired) electrons. The Kier molecular flexibility index (Phi) is 6.43. The van der Waals surface area contributed by atoms with Gasteiger partial charge >= 0.3 is 0 Å². The molecule has 1 N–H and O–H groups in total. The Labute approximate surface area is 185 Å². The van der Waals surface area contributed by atoms with E-state index in [-0.39, 0.29) is 11.2 Å². The zero-order valence-corrected chi connectivity index (χ0v) is 18.2. The van der Waals surface area contributed by atoms with Crippen molar-refractivity contribution in [3.05, 3.63) is 90.3 Å². The number of amides is 1. The van der Waals surface area contributed by atoms with Gasteiger partial charge in [0.15, 0.2) is 11.0 Å². The normalized spacial score (nSPS) is 11.8. The minimum absolute atomic E-state index is 0.0777. The van der Waals surface area contributed by atoms with Crippen LogP contribution in [-0.4, -0.2) is 30.9 Å². The lowest BCUT2D eigenvalue weighted by molar-refractivity contribution is -0.115. The highest BCUT2D eigenvalue weighted by atomic mass is 32.2. The van der Waals surface area contributed by atoms with E-state index in [9.17, 15) is 4.79 Å². The van der Waals surface area contributed by atoms with E-state index in [1.54, 1.807) is 12.4 Å². The third-order valence-corrected chi connectivity index (χ3v) is 5.87. The zero-order valence-electron chi connectivity index (χ0n) is 17.4. The van der Waals surface area contributed by atoms with E-state index in [1.807, 2.05) is 73.0 Å². The van der Waals surface area contributed by atoms with Crippen molar-refractivity contribution in [2.75, 3.05) is 5.32 Å². The van der Waals surface area contributed by atoms with Crippen molar-refractivity contribution in [3.8, 4) is 11.4 Å². The number of benzene rings is 2. The second-order valence-electron chi connectivity index (χ2n) is 7.23. The summed E-state index contributed by atoms with van der Waals surface area (Å²) in [6, 6.07) is 21.7. The van der Waals surface area contributed by atoms with Gasteiger partial charge in [-0.2, -0.15) is 0 Å². The monoisotopic (exact) mass is 429 g/mol. The minimum Gasteiger partial charge on any atom is -0.325 e. The molecule has 2 heterocycles. The molecular formula is C24H23N5OS. The van der Waals surface area contributed by atoms with Crippen molar-refractivity contribution in [1.82, 2.24) is 19.7 Å². The second-order valence-corrected chi connectivity index (χ2v) is 8.54. The van der Waals surface area contributed by atoms with E-state index in [1.165, 1.54) is 11.8 Å². The molecule has 0 saturated heterocycles. The number of aromatic nitrogens is 4. The molecular weight excluding hydrogens is 406 g/mol. The largest absolute Gasteiger partial charge is 0.325 e. The number of carbonyl (C=O) groups excluding carboxylic acids is 1. The summed E-state index contributed by atoms with van der Waals surface area (Å²) in [4.78, 5) is 17.0. The molecule has 6 nitrogen and oxygen atoms in total. The number of hydrogen-bond acceptors (Lipinski definition) is 5. The van der Waals surface area contributed by atoms with Crippen LogP contribution in [0.15, 0.2) is 84.3 Å². The number of anilines is 1. The molecule has 0 unspecified atom stereocenters. The summed E-state index contributed by atoms with van der Waals surface area (Å²) in [6.45, 7) is 4.50. The van der Waals surface area contributed by atoms with Crippen LogP contribution in [0, 0.1) is 6.92 Å². The lowest BCUT2D eigenvalue weighted by atomic mass is 10.2. The van der Waals surface area contributed by atoms with Crippen LogP contribution in [0.4, 0.5) is 5.69 Å². The van der Waals surface area contributed by atoms with Crippen molar-refractivity contribution in [2.24, 2.45) is 0 Å². The smallest absolute Gasteiger partial charge is 0.237 e. The number of nitrogens with zero attached hydrogens (tertiary/aromatic N) is 4. The molecule has 1 amide bonds. The molecule has 7 heteroatoms. The molecule has 31 heavy (non-hydrogen) atoms. The van der Waals surface area contributed by atoms with Crippen LogP contribution in [0.5, 0.6) is 0 Å². The van der Waals surface area contributed by atoms with Crippen molar-refractivity contribution < 1.29 is 4.79 Å². The standard InChI is InChI=1S/C24H23N5OS/c1-17-10-12-21(13-11-17)26-23(30)18(2)31-24-28-27-22(20-9-6-14-25-15-20)29(24)16-19-7-4-3-5-8-19/h3-15,18H,16H2,1-2H3,(H,26,30)/t18-/m0/s1. The van der Waals surface area contributed by atoms with Gasteiger partial charge in [-0.05, 0) is 43.7 Å². The van der Waals surface area contributed by atoms with Crippen LogP contribution in [0.2, 0.25) is 0 Å². The molecule has 0 spiro atoms. The number of nitrogens with one attached hydrogen (secondary N) is 1. The summed E-state index contributed by atoms with van der Waals surface area (Å²) >= 11 is 1.39. The lowest BCUT2D eigenvalue weighted by Crippen LogP contribution is -2.23. The van der Waals surface area contributed by atoms with Crippen LogP contribution in [0.1, 0.15) is 18.1 Å². The second kappa shape index (κ2) is 9.57. The van der Waals surface area contributed by atoms with E-state index in [0.29, 0.717) is 11.7 Å². The summed E-state index contributed by atoms with van der Waals surface area (Å²) in [7, 11) is 0. The van der Waals surface area contributed by atoms with Gasteiger partial charge in [-0.15, -0.1) is 10.2 Å². The van der Waals surface area contributed by atoms with Crippen LogP contribution in [0.25, 0.3) is 11.4 Å². The molecule has 0 saturated carbocycles. The Morgan fingerprint density at radius 3 is 2.52 bits per heavy atom. The van der Waals surface area contributed by atoms with E-state index in [4.69, 9.17) is 0 Å². The van der Waals surface area contributed by atoms with Gasteiger partial charge in [0.05, 0.1) is 11.8 Å². The maximum absolute atomic E-state index is 12.7. The number of hydrogen-bond donors (Lipinski definition) is 1. The molecule has 0 aliphatic carbocycles. The molecule has 0 aliphatic rings. The molecule has 2 aromatic heterocycles. The van der Waals surface area contributed by atoms with Crippen molar-refractivity contribution in [3.63, 3.8) is 0 Å². The fourth-order valence-corrected chi connectivity index (χ4v) is 3.93. The predicted molar refractivity (Wildman–Crippen MR) is 124 cm³/mol. The van der Waals surface area contributed by atoms with Crippen LogP contribution < -0.4 is 5.32 Å². The first-order valence-electron chi connectivity index (χ1n) is 10.0. The summed E-state index contributed by atoms with van der Waals surface area (Å²) in [5.41, 5.74) is 3.95. The van der Waals surface area contributed by atoms with Crippen molar-refractivity contribution >= 4 is 23.4 Å². The Hall–Kier alpha value is -3.45. The van der Waals surface area contributed by atoms with E-state index in [0.717, 1.165) is 28.2 Å². The van der Waals surface area contributed by atoms with E-state index in [2.05, 4.69) is 32.6 Å². The SMILES string of the molecule is Cc1ccc(NC(=O)[C@H](C)Sc2nnc(-c3cccnc3)n2Cc2ccccc2)cc1. The summed E-state index contributed by atoms with van der Waals surface area (Å²) in [5, 5.41) is 12.1. The van der Waals surface area contributed by atoms with Crippen molar-refractivity contribution in [2.45, 2.75) is 30.8 Å². The van der Waals surface area contributed by atoms with Crippen LogP contribution in [-0.2, 0) is 11.3 Å². The third-order valence-electron chi connectivity index (χ3n) is 4.79. The first-order valence-corrected chi connectivity index (χ1v) is 10.9. The van der Waals surface area contributed by atoms with Gasteiger partial charge in [-0.3, -0.25) is 14.3 Å². The summed E-state index contributed by atoms with van der Waals surface area (Å²) < 4.78 is 2.03.